The van der Waals surface area contributed by atoms with Gasteiger partial charge in [-0.25, -0.2) is 4.68 Å². The molecule has 0 aliphatic rings. The molecule has 4 nitrogen and oxygen atoms in total. The molecule has 0 amide bonds. The predicted molar refractivity (Wildman–Crippen MR) is 85.4 cm³/mol. The number of thiophene rings is 1. The van der Waals surface area contributed by atoms with Crippen molar-refractivity contribution in [1.29, 1.82) is 0 Å². The third-order valence-corrected chi connectivity index (χ3v) is 3.98. The molecule has 0 atom stereocenters. The summed E-state index contributed by atoms with van der Waals surface area (Å²) in [5.74, 6) is 5.80. The summed E-state index contributed by atoms with van der Waals surface area (Å²) >= 11 is 1.57. The summed E-state index contributed by atoms with van der Waals surface area (Å²) in [6.07, 6.45) is 1.72. The fourth-order valence-corrected chi connectivity index (χ4v) is 2.87. The first-order valence-electron chi connectivity index (χ1n) is 6.49. The van der Waals surface area contributed by atoms with E-state index < -0.39 is 0 Å². The van der Waals surface area contributed by atoms with Crippen LogP contribution in [0.5, 0.6) is 0 Å². The zero-order chi connectivity index (χ0) is 14.7. The Morgan fingerprint density at radius 3 is 3.05 bits per heavy atom. The average Bonchev–Trinajstić information content (AvgIpc) is 2.96. The first-order chi connectivity index (χ1) is 10.3. The molecule has 0 aliphatic carbocycles. The maximum Gasteiger partial charge on any atom is 0.274 e. The molecule has 3 rings (SSSR count). The van der Waals surface area contributed by atoms with Crippen molar-refractivity contribution in [2.45, 2.75) is 6.54 Å². The van der Waals surface area contributed by atoms with Gasteiger partial charge in [0, 0.05) is 21.2 Å². The van der Waals surface area contributed by atoms with Gasteiger partial charge in [-0.2, -0.15) is 5.10 Å². The van der Waals surface area contributed by atoms with E-state index in [1.807, 2.05) is 35.7 Å². The lowest BCUT2D eigenvalue weighted by atomic mass is 10.2. The van der Waals surface area contributed by atoms with Crippen molar-refractivity contribution in [2.75, 3.05) is 6.54 Å². The Bertz CT molecular complexity index is 899. The number of fused-ring (bicyclic) bond motifs is 1. The number of aromatic nitrogens is 2. The molecule has 2 aromatic heterocycles. The van der Waals surface area contributed by atoms with Gasteiger partial charge in [-0.1, -0.05) is 30.0 Å². The Morgan fingerprint density at radius 2 is 2.19 bits per heavy atom. The number of hydrogen-bond donors (Lipinski definition) is 1. The zero-order valence-corrected chi connectivity index (χ0v) is 12.1. The number of hydrogen-bond acceptors (Lipinski definition) is 4. The van der Waals surface area contributed by atoms with E-state index in [0.29, 0.717) is 18.5 Å². The molecule has 0 saturated heterocycles. The van der Waals surface area contributed by atoms with Gasteiger partial charge in [0.1, 0.15) is 0 Å². The Morgan fingerprint density at radius 1 is 1.33 bits per heavy atom. The van der Waals surface area contributed by atoms with E-state index in [2.05, 4.69) is 16.9 Å². The second-order valence-electron chi connectivity index (χ2n) is 4.50. The topological polar surface area (TPSA) is 60.9 Å². The van der Waals surface area contributed by atoms with Gasteiger partial charge in [-0.05, 0) is 12.1 Å². The van der Waals surface area contributed by atoms with Crippen molar-refractivity contribution in [1.82, 2.24) is 9.78 Å². The summed E-state index contributed by atoms with van der Waals surface area (Å²) in [7, 11) is 0. The summed E-state index contributed by atoms with van der Waals surface area (Å²) in [5, 5.41) is 7.74. The summed E-state index contributed by atoms with van der Waals surface area (Å²) in [6.45, 7) is 0.801. The fraction of sp³-hybridized carbons (Fsp3) is 0.125. The van der Waals surface area contributed by atoms with E-state index >= 15 is 0 Å². The molecule has 21 heavy (non-hydrogen) atoms. The molecule has 1 aromatic carbocycles. The number of rotatable bonds is 2. The van der Waals surface area contributed by atoms with Crippen molar-refractivity contribution in [3.05, 3.63) is 62.7 Å². The van der Waals surface area contributed by atoms with Gasteiger partial charge >= 0.3 is 0 Å². The lowest BCUT2D eigenvalue weighted by molar-refractivity contribution is 0.654. The van der Waals surface area contributed by atoms with Crippen LogP contribution < -0.4 is 11.3 Å². The monoisotopic (exact) mass is 295 g/mol. The molecule has 0 bridgehead atoms. The first kappa shape index (κ1) is 13.6. The largest absolute Gasteiger partial charge is 0.320 e. The first-order valence-corrected chi connectivity index (χ1v) is 7.37. The van der Waals surface area contributed by atoms with E-state index in [1.54, 1.807) is 17.5 Å². The molecule has 5 heteroatoms. The van der Waals surface area contributed by atoms with Crippen LogP contribution in [0.1, 0.15) is 10.4 Å². The predicted octanol–water partition coefficient (Wildman–Crippen LogP) is 1.82. The van der Waals surface area contributed by atoms with Gasteiger partial charge in [0.15, 0.2) is 0 Å². The molecule has 0 fully saturated rings. The fourth-order valence-electron chi connectivity index (χ4n) is 2.07. The van der Waals surface area contributed by atoms with Gasteiger partial charge in [-0.3, -0.25) is 4.79 Å². The quantitative estimate of drug-likeness (QED) is 0.734. The highest BCUT2D eigenvalue weighted by molar-refractivity contribution is 7.10. The number of nitrogens with zero attached hydrogens (tertiary/aromatic N) is 2. The van der Waals surface area contributed by atoms with Crippen LogP contribution in [0.2, 0.25) is 0 Å². The summed E-state index contributed by atoms with van der Waals surface area (Å²) in [5.41, 5.74) is 6.21. The summed E-state index contributed by atoms with van der Waals surface area (Å²) < 4.78 is 1.48. The van der Waals surface area contributed by atoms with Crippen molar-refractivity contribution < 1.29 is 0 Å². The Labute approximate surface area is 125 Å². The normalized spacial score (nSPS) is 10.3. The highest BCUT2D eigenvalue weighted by Gasteiger charge is 2.05. The maximum atomic E-state index is 12.4. The molecule has 0 saturated carbocycles. The minimum absolute atomic E-state index is 0.0731. The molecule has 0 radical (unpaired) electrons. The van der Waals surface area contributed by atoms with Crippen LogP contribution in [0.3, 0.4) is 0 Å². The highest BCUT2D eigenvalue weighted by atomic mass is 32.1. The van der Waals surface area contributed by atoms with E-state index in [1.165, 1.54) is 4.68 Å². The van der Waals surface area contributed by atoms with Gasteiger partial charge in [0.2, 0.25) is 0 Å². The molecular weight excluding hydrogens is 282 g/mol. The van der Waals surface area contributed by atoms with Crippen LogP contribution in [-0.4, -0.2) is 16.3 Å². The van der Waals surface area contributed by atoms with Gasteiger partial charge in [0.25, 0.3) is 5.56 Å². The zero-order valence-electron chi connectivity index (χ0n) is 11.2. The summed E-state index contributed by atoms with van der Waals surface area (Å²) in [6, 6.07) is 9.44. The molecule has 0 aliphatic heterocycles. The van der Waals surface area contributed by atoms with Crippen LogP contribution in [0.25, 0.3) is 10.8 Å². The Hall–Kier alpha value is -2.42. The number of benzene rings is 1. The van der Waals surface area contributed by atoms with Crippen LogP contribution in [0.4, 0.5) is 0 Å². The highest BCUT2D eigenvalue weighted by Crippen LogP contribution is 2.15. The van der Waals surface area contributed by atoms with Crippen LogP contribution in [-0.2, 0) is 6.54 Å². The van der Waals surface area contributed by atoms with Crippen molar-refractivity contribution in [3.8, 4) is 11.8 Å². The number of nitrogens with two attached hydrogens (primary N) is 1. The van der Waals surface area contributed by atoms with Crippen molar-refractivity contribution in [2.24, 2.45) is 5.73 Å². The lowest BCUT2D eigenvalue weighted by Gasteiger charge is -2.03. The molecule has 104 valence electrons. The third kappa shape index (κ3) is 2.87. The van der Waals surface area contributed by atoms with E-state index in [4.69, 9.17) is 5.73 Å². The van der Waals surface area contributed by atoms with Gasteiger partial charge in [0.05, 0.1) is 24.7 Å². The molecule has 3 aromatic rings. The minimum Gasteiger partial charge on any atom is -0.320 e. The molecule has 2 heterocycles. The van der Waals surface area contributed by atoms with E-state index in [9.17, 15) is 4.79 Å². The maximum absolute atomic E-state index is 12.4. The Kier molecular flexibility index (Phi) is 3.82. The van der Waals surface area contributed by atoms with Gasteiger partial charge in [-0.15, -0.1) is 11.3 Å². The van der Waals surface area contributed by atoms with Crippen LogP contribution in [0, 0.1) is 11.8 Å². The smallest absolute Gasteiger partial charge is 0.274 e. The molecular formula is C16H13N3OS. The minimum atomic E-state index is -0.0731. The van der Waals surface area contributed by atoms with Crippen LogP contribution >= 0.6 is 11.3 Å². The third-order valence-electron chi connectivity index (χ3n) is 3.06. The van der Waals surface area contributed by atoms with Crippen LogP contribution in [0.15, 0.2) is 46.7 Å². The lowest BCUT2D eigenvalue weighted by Crippen LogP contribution is -2.22. The van der Waals surface area contributed by atoms with Crippen molar-refractivity contribution in [3.63, 3.8) is 0 Å². The Balaban J connectivity index is 1.93. The van der Waals surface area contributed by atoms with Gasteiger partial charge < -0.3 is 5.73 Å². The SMILES string of the molecule is NCC#Cc1csc(Cn2ncc3ccccc3c2=O)c1. The van der Waals surface area contributed by atoms with Crippen molar-refractivity contribution >= 4 is 22.1 Å². The second kappa shape index (κ2) is 5.92. The average molecular weight is 295 g/mol. The summed E-state index contributed by atoms with van der Waals surface area (Å²) in [4.78, 5) is 13.4. The van der Waals surface area contributed by atoms with E-state index in [-0.39, 0.29) is 5.56 Å². The standard InChI is InChI=1S/C16H13N3OS/c17-7-3-4-12-8-14(21-11-12)10-19-16(20)15-6-2-1-5-13(15)9-18-19/h1-2,5-6,8-9,11H,7,10,17H2. The molecule has 2 N–H and O–H groups in total. The molecule has 0 unspecified atom stereocenters. The second-order valence-corrected chi connectivity index (χ2v) is 5.50. The molecule has 0 spiro atoms. The van der Waals surface area contributed by atoms with E-state index in [0.717, 1.165) is 15.8 Å².